The monoisotopic (exact) mass is 327 g/mol. The Morgan fingerprint density at radius 3 is 2.68 bits per heavy atom. The normalized spacial score (nSPS) is 12.0. The maximum Gasteiger partial charge on any atom is 0.223 e. The van der Waals surface area contributed by atoms with Crippen LogP contribution in [0.15, 0.2) is 47.4 Å². The highest BCUT2D eigenvalue weighted by atomic mass is 35.5. The van der Waals surface area contributed by atoms with Crippen molar-refractivity contribution in [1.82, 2.24) is 9.97 Å². The fourth-order valence-corrected chi connectivity index (χ4v) is 3.19. The van der Waals surface area contributed by atoms with Gasteiger partial charge in [0.05, 0.1) is 33.6 Å². The molecule has 0 aliphatic rings. The smallest absolute Gasteiger partial charge is 0.223 e. The highest BCUT2D eigenvalue weighted by Gasteiger charge is 2.15. The summed E-state index contributed by atoms with van der Waals surface area (Å²) in [5.74, 6) is 0. The second-order valence-electron chi connectivity index (χ2n) is 4.64. The van der Waals surface area contributed by atoms with E-state index in [1.165, 1.54) is 0 Å². The molecule has 4 nitrogen and oxygen atoms in total. The van der Waals surface area contributed by atoms with Crippen LogP contribution in [0, 0.1) is 11.3 Å². The van der Waals surface area contributed by atoms with Crippen LogP contribution in [0.4, 0.5) is 0 Å². The molecule has 0 aliphatic heterocycles. The Hall–Kier alpha value is -2.29. The van der Waals surface area contributed by atoms with Crippen molar-refractivity contribution in [1.29, 1.82) is 5.26 Å². The average molecular weight is 328 g/mol. The molecule has 1 heterocycles. The summed E-state index contributed by atoms with van der Waals surface area (Å²) in [6.07, 6.45) is 1.59. The number of para-hydroxylation sites is 1. The molecule has 0 bridgehead atoms. The van der Waals surface area contributed by atoms with E-state index in [-0.39, 0.29) is 5.28 Å². The largest absolute Gasteiger partial charge is 0.255 e. The second kappa shape index (κ2) is 5.84. The molecule has 2 aromatic carbocycles. The summed E-state index contributed by atoms with van der Waals surface area (Å²) >= 11 is 6.02. The van der Waals surface area contributed by atoms with Crippen LogP contribution < -0.4 is 0 Å². The molecule has 22 heavy (non-hydrogen) atoms. The van der Waals surface area contributed by atoms with Crippen LogP contribution in [0.2, 0.25) is 5.28 Å². The first-order chi connectivity index (χ1) is 10.6. The molecule has 1 aromatic heterocycles. The van der Waals surface area contributed by atoms with Gasteiger partial charge in [-0.15, -0.1) is 0 Å². The van der Waals surface area contributed by atoms with Crippen LogP contribution in [-0.4, -0.2) is 20.4 Å². The summed E-state index contributed by atoms with van der Waals surface area (Å²) in [7, 11) is -1.21. The highest BCUT2D eigenvalue weighted by Crippen LogP contribution is 2.31. The van der Waals surface area contributed by atoms with E-state index in [2.05, 4.69) is 16.0 Å². The Balaban J connectivity index is 2.41. The molecule has 3 aromatic rings. The molecule has 0 saturated heterocycles. The topological polar surface area (TPSA) is 66.6 Å². The Bertz CT molecular complexity index is 950. The zero-order valence-electron chi connectivity index (χ0n) is 11.6. The fourth-order valence-electron chi connectivity index (χ4n) is 2.29. The van der Waals surface area contributed by atoms with Gasteiger partial charge in [-0.3, -0.25) is 4.21 Å². The number of rotatable bonds is 2. The van der Waals surface area contributed by atoms with Crippen LogP contribution in [-0.2, 0) is 10.8 Å². The van der Waals surface area contributed by atoms with Crippen molar-refractivity contribution < 1.29 is 4.21 Å². The van der Waals surface area contributed by atoms with Crippen LogP contribution >= 0.6 is 11.6 Å². The van der Waals surface area contributed by atoms with E-state index >= 15 is 0 Å². The minimum atomic E-state index is -1.21. The van der Waals surface area contributed by atoms with Crippen molar-refractivity contribution in [3.05, 3.63) is 53.3 Å². The molecule has 1 unspecified atom stereocenters. The first kappa shape index (κ1) is 14.6. The Morgan fingerprint density at radius 1 is 1.18 bits per heavy atom. The third-order valence-electron chi connectivity index (χ3n) is 3.25. The lowest BCUT2D eigenvalue weighted by molar-refractivity contribution is 0.687. The lowest BCUT2D eigenvalue weighted by Crippen LogP contribution is -1.97. The van der Waals surface area contributed by atoms with Crippen molar-refractivity contribution in [2.75, 3.05) is 6.26 Å². The van der Waals surface area contributed by atoms with Gasteiger partial charge < -0.3 is 0 Å². The molecule has 6 heteroatoms. The van der Waals surface area contributed by atoms with E-state index in [0.717, 1.165) is 5.39 Å². The minimum Gasteiger partial charge on any atom is -0.255 e. The summed E-state index contributed by atoms with van der Waals surface area (Å²) < 4.78 is 12.0. The van der Waals surface area contributed by atoms with Gasteiger partial charge in [0.15, 0.2) is 0 Å². The molecular formula is C16H10ClN3OS. The summed E-state index contributed by atoms with van der Waals surface area (Å²) in [4.78, 5) is 9.10. The average Bonchev–Trinajstić information content (AvgIpc) is 2.53. The van der Waals surface area contributed by atoms with E-state index in [0.29, 0.717) is 27.2 Å². The van der Waals surface area contributed by atoms with Gasteiger partial charge in [0, 0.05) is 22.1 Å². The van der Waals surface area contributed by atoms with Gasteiger partial charge in [-0.2, -0.15) is 5.26 Å². The standard InChI is InChI=1S/C16H10ClN3OS/c1-22(21)14-7-6-10(9-18)8-12(14)15-11-4-2-3-5-13(11)19-16(17)20-15/h2-8H,1H3. The molecule has 0 aliphatic carbocycles. The lowest BCUT2D eigenvalue weighted by atomic mass is 10.0. The molecule has 0 N–H and O–H groups in total. The van der Waals surface area contributed by atoms with Gasteiger partial charge in [-0.1, -0.05) is 18.2 Å². The van der Waals surface area contributed by atoms with Crippen molar-refractivity contribution in [3.8, 4) is 17.3 Å². The summed E-state index contributed by atoms with van der Waals surface area (Å²) in [5, 5.41) is 10.0. The number of halogens is 1. The molecule has 3 rings (SSSR count). The predicted octanol–water partition coefficient (Wildman–Crippen LogP) is 3.56. The maximum atomic E-state index is 12.0. The first-order valence-corrected chi connectivity index (χ1v) is 8.34. The van der Waals surface area contributed by atoms with Crippen molar-refractivity contribution in [3.63, 3.8) is 0 Å². The molecule has 108 valence electrons. The molecule has 0 radical (unpaired) electrons. The van der Waals surface area contributed by atoms with Gasteiger partial charge in [-0.05, 0) is 35.9 Å². The van der Waals surface area contributed by atoms with Crippen LogP contribution in [0.1, 0.15) is 5.56 Å². The van der Waals surface area contributed by atoms with Crippen molar-refractivity contribution >= 4 is 33.3 Å². The van der Waals surface area contributed by atoms with Gasteiger partial charge in [0.25, 0.3) is 0 Å². The van der Waals surface area contributed by atoms with E-state index in [9.17, 15) is 4.21 Å². The summed E-state index contributed by atoms with van der Waals surface area (Å²) in [5.41, 5.74) is 2.40. The molecule has 0 fully saturated rings. The number of hydrogen-bond donors (Lipinski definition) is 0. The molecule has 0 saturated carbocycles. The third kappa shape index (κ3) is 2.59. The Morgan fingerprint density at radius 2 is 1.95 bits per heavy atom. The van der Waals surface area contributed by atoms with Crippen molar-refractivity contribution in [2.45, 2.75) is 4.90 Å². The number of nitriles is 1. The SMILES string of the molecule is CS(=O)c1ccc(C#N)cc1-c1nc(Cl)nc2ccccc12. The Labute approximate surface area is 134 Å². The van der Waals surface area contributed by atoms with Gasteiger partial charge in [0.1, 0.15) is 0 Å². The molecule has 1 atom stereocenters. The maximum absolute atomic E-state index is 12.0. The quantitative estimate of drug-likeness (QED) is 0.675. The number of aromatic nitrogens is 2. The van der Waals surface area contributed by atoms with Crippen LogP contribution in [0.5, 0.6) is 0 Å². The van der Waals surface area contributed by atoms with E-state index in [1.54, 1.807) is 24.5 Å². The minimum absolute atomic E-state index is 0.115. The first-order valence-electron chi connectivity index (χ1n) is 6.40. The fraction of sp³-hybridized carbons (Fsp3) is 0.0625. The lowest BCUT2D eigenvalue weighted by Gasteiger charge is -2.10. The van der Waals surface area contributed by atoms with Gasteiger partial charge in [0.2, 0.25) is 5.28 Å². The predicted molar refractivity (Wildman–Crippen MR) is 87.0 cm³/mol. The zero-order valence-corrected chi connectivity index (χ0v) is 13.1. The molecule has 0 spiro atoms. The Kier molecular flexibility index (Phi) is 3.88. The van der Waals surface area contributed by atoms with Crippen molar-refractivity contribution in [2.24, 2.45) is 0 Å². The van der Waals surface area contributed by atoms with Crippen LogP contribution in [0.3, 0.4) is 0 Å². The van der Waals surface area contributed by atoms with E-state index in [1.807, 2.05) is 24.3 Å². The summed E-state index contributed by atoms with van der Waals surface area (Å²) in [6.45, 7) is 0. The third-order valence-corrected chi connectivity index (χ3v) is 4.39. The number of nitrogens with zero attached hydrogens (tertiary/aromatic N) is 3. The van der Waals surface area contributed by atoms with Gasteiger partial charge >= 0.3 is 0 Å². The van der Waals surface area contributed by atoms with E-state index in [4.69, 9.17) is 16.9 Å². The van der Waals surface area contributed by atoms with Gasteiger partial charge in [-0.25, -0.2) is 9.97 Å². The molecule has 0 amide bonds. The molecular weight excluding hydrogens is 318 g/mol. The zero-order chi connectivity index (χ0) is 15.7. The number of fused-ring (bicyclic) bond motifs is 1. The number of hydrogen-bond acceptors (Lipinski definition) is 4. The van der Waals surface area contributed by atoms with E-state index < -0.39 is 10.8 Å². The summed E-state index contributed by atoms with van der Waals surface area (Å²) in [6, 6.07) is 14.6. The van der Waals surface area contributed by atoms with Crippen LogP contribution in [0.25, 0.3) is 22.2 Å². The second-order valence-corrected chi connectivity index (χ2v) is 6.32. The number of benzene rings is 2. The highest BCUT2D eigenvalue weighted by molar-refractivity contribution is 7.84.